The standard InChI is InChI=1S/C9H18N2O/c1-10(2)8-5-7(12)6-9(8)11(3)4/h8-9H,5-6H2,1-4H3. The van der Waals surface area contributed by atoms with Crippen molar-refractivity contribution in [2.45, 2.75) is 24.9 Å². The minimum absolute atomic E-state index is 0.396. The lowest BCUT2D eigenvalue weighted by atomic mass is 10.1. The van der Waals surface area contributed by atoms with E-state index in [1.165, 1.54) is 0 Å². The Bertz CT molecular complexity index is 159. The summed E-state index contributed by atoms with van der Waals surface area (Å²) in [6, 6.07) is 0.819. The summed E-state index contributed by atoms with van der Waals surface area (Å²) in [4.78, 5) is 15.5. The molecule has 2 atom stereocenters. The maximum atomic E-state index is 11.2. The second kappa shape index (κ2) is 3.54. The van der Waals surface area contributed by atoms with E-state index in [2.05, 4.69) is 9.80 Å². The molecule has 1 rings (SSSR count). The van der Waals surface area contributed by atoms with Gasteiger partial charge in [-0.2, -0.15) is 0 Å². The highest BCUT2D eigenvalue weighted by Gasteiger charge is 2.35. The highest BCUT2D eigenvalue weighted by molar-refractivity contribution is 5.82. The number of ketones is 1. The molecule has 0 saturated heterocycles. The van der Waals surface area contributed by atoms with Crippen molar-refractivity contribution in [3.8, 4) is 0 Å². The van der Waals surface area contributed by atoms with Crippen LogP contribution in [0.2, 0.25) is 0 Å². The van der Waals surface area contributed by atoms with E-state index < -0.39 is 0 Å². The number of rotatable bonds is 2. The van der Waals surface area contributed by atoms with Crippen LogP contribution in [0.4, 0.5) is 0 Å². The second-order valence-electron chi connectivity index (χ2n) is 4.01. The molecule has 2 unspecified atom stereocenters. The van der Waals surface area contributed by atoms with Gasteiger partial charge in [0.25, 0.3) is 0 Å². The molecule has 3 heteroatoms. The van der Waals surface area contributed by atoms with Crippen LogP contribution in [-0.2, 0) is 4.79 Å². The summed E-state index contributed by atoms with van der Waals surface area (Å²) in [6.45, 7) is 0. The zero-order valence-corrected chi connectivity index (χ0v) is 8.37. The van der Waals surface area contributed by atoms with Gasteiger partial charge in [0.1, 0.15) is 5.78 Å². The smallest absolute Gasteiger partial charge is 0.136 e. The van der Waals surface area contributed by atoms with Crippen molar-refractivity contribution in [3.05, 3.63) is 0 Å². The molecule has 1 fully saturated rings. The predicted octanol–water partition coefficient (Wildman–Crippen LogP) is 0.210. The van der Waals surface area contributed by atoms with Crippen molar-refractivity contribution in [2.75, 3.05) is 28.2 Å². The van der Waals surface area contributed by atoms with Crippen LogP contribution in [0.1, 0.15) is 12.8 Å². The van der Waals surface area contributed by atoms with E-state index in [9.17, 15) is 4.79 Å². The molecule has 1 saturated carbocycles. The van der Waals surface area contributed by atoms with Crippen molar-refractivity contribution >= 4 is 5.78 Å². The lowest BCUT2D eigenvalue weighted by Crippen LogP contribution is -2.42. The fourth-order valence-corrected chi connectivity index (χ4v) is 1.88. The molecule has 0 radical (unpaired) electrons. The lowest BCUT2D eigenvalue weighted by Gasteiger charge is -2.29. The first-order valence-corrected chi connectivity index (χ1v) is 4.37. The van der Waals surface area contributed by atoms with Crippen molar-refractivity contribution in [1.29, 1.82) is 0 Å². The van der Waals surface area contributed by atoms with Crippen LogP contribution in [0.25, 0.3) is 0 Å². The Morgan fingerprint density at radius 1 is 1.00 bits per heavy atom. The maximum absolute atomic E-state index is 11.2. The first kappa shape index (κ1) is 9.68. The van der Waals surface area contributed by atoms with Gasteiger partial charge in [0.2, 0.25) is 0 Å². The van der Waals surface area contributed by atoms with Crippen molar-refractivity contribution in [3.63, 3.8) is 0 Å². The predicted molar refractivity (Wildman–Crippen MR) is 49.2 cm³/mol. The van der Waals surface area contributed by atoms with Gasteiger partial charge in [0, 0.05) is 24.9 Å². The van der Waals surface area contributed by atoms with Gasteiger partial charge in [-0.1, -0.05) is 0 Å². The normalized spacial score (nSPS) is 30.7. The van der Waals surface area contributed by atoms with Gasteiger partial charge in [-0.15, -0.1) is 0 Å². The van der Waals surface area contributed by atoms with Crippen LogP contribution in [0.5, 0.6) is 0 Å². The molecule has 0 amide bonds. The maximum Gasteiger partial charge on any atom is 0.136 e. The third-order valence-corrected chi connectivity index (χ3v) is 2.64. The summed E-state index contributed by atoms with van der Waals surface area (Å²) >= 11 is 0. The number of Topliss-reactive ketones (excluding diaryl/α,β-unsaturated/α-hetero) is 1. The van der Waals surface area contributed by atoms with Gasteiger partial charge in [-0.05, 0) is 28.2 Å². The molecule has 70 valence electrons. The fourth-order valence-electron chi connectivity index (χ4n) is 1.88. The summed E-state index contributed by atoms with van der Waals surface area (Å²) < 4.78 is 0. The van der Waals surface area contributed by atoms with E-state index in [-0.39, 0.29) is 0 Å². The summed E-state index contributed by atoms with van der Waals surface area (Å²) in [5.41, 5.74) is 0. The number of nitrogens with zero attached hydrogens (tertiary/aromatic N) is 2. The first-order valence-electron chi connectivity index (χ1n) is 4.37. The summed E-state index contributed by atoms with van der Waals surface area (Å²) in [5.74, 6) is 0.396. The zero-order valence-electron chi connectivity index (χ0n) is 8.37. The Morgan fingerprint density at radius 2 is 1.33 bits per heavy atom. The molecular formula is C9H18N2O. The number of carbonyl (C=O) groups excluding carboxylic acids is 1. The Hall–Kier alpha value is -0.410. The number of hydrogen-bond acceptors (Lipinski definition) is 3. The molecule has 1 aliphatic rings. The molecule has 0 aromatic rings. The van der Waals surface area contributed by atoms with E-state index >= 15 is 0 Å². The van der Waals surface area contributed by atoms with Gasteiger partial charge in [-0.25, -0.2) is 0 Å². The van der Waals surface area contributed by atoms with E-state index in [4.69, 9.17) is 0 Å². The lowest BCUT2D eigenvalue weighted by molar-refractivity contribution is -0.117. The van der Waals surface area contributed by atoms with Crippen LogP contribution in [-0.4, -0.2) is 55.9 Å². The third-order valence-electron chi connectivity index (χ3n) is 2.64. The molecule has 0 heterocycles. The van der Waals surface area contributed by atoms with Gasteiger partial charge in [0.15, 0.2) is 0 Å². The van der Waals surface area contributed by atoms with Crippen LogP contribution >= 0.6 is 0 Å². The minimum Gasteiger partial charge on any atom is -0.304 e. The molecule has 0 aromatic carbocycles. The third kappa shape index (κ3) is 1.84. The monoisotopic (exact) mass is 170 g/mol. The SMILES string of the molecule is CN(C)C1CC(=O)CC1N(C)C. The van der Waals surface area contributed by atoms with Crippen LogP contribution in [0.3, 0.4) is 0 Å². The number of hydrogen-bond donors (Lipinski definition) is 0. The van der Waals surface area contributed by atoms with E-state index in [1.807, 2.05) is 28.2 Å². The summed E-state index contributed by atoms with van der Waals surface area (Å²) in [5, 5.41) is 0. The van der Waals surface area contributed by atoms with Gasteiger partial charge >= 0.3 is 0 Å². The van der Waals surface area contributed by atoms with Crippen molar-refractivity contribution in [1.82, 2.24) is 9.80 Å². The van der Waals surface area contributed by atoms with E-state index in [0.717, 1.165) is 12.8 Å². The number of likely N-dealkylation sites (N-methyl/N-ethyl adjacent to an activating group) is 2. The molecule has 12 heavy (non-hydrogen) atoms. The molecule has 1 aliphatic carbocycles. The molecule has 0 N–H and O–H groups in total. The molecule has 3 nitrogen and oxygen atoms in total. The molecule has 0 aromatic heterocycles. The van der Waals surface area contributed by atoms with Gasteiger partial charge < -0.3 is 9.80 Å². The van der Waals surface area contributed by atoms with E-state index in [0.29, 0.717) is 17.9 Å². The summed E-state index contributed by atoms with van der Waals surface area (Å²) in [6.07, 6.45) is 1.44. The van der Waals surface area contributed by atoms with Crippen LogP contribution < -0.4 is 0 Å². The molecule has 0 aliphatic heterocycles. The highest BCUT2D eigenvalue weighted by atomic mass is 16.1. The van der Waals surface area contributed by atoms with Crippen molar-refractivity contribution in [2.24, 2.45) is 0 Å². The Morgan fingerprint density at radius 3 is 1.58 bits per heavy atom. The highest BCUT2D eigenvalue weighted by Crippen LogP contribution is 2.22. The average Bonchev–Trinajstić information content (AvgIpc) is 2.31. The summed E-state index contributed by atoms with van der Waals surface area (Å²) in [7, 11) is 8.17. The Kier molecular flexibility index (Phi) is 2.85. The number of carbonyl (C=O) groups is 1. The van der Waals surface area contributed by atoms with Gasteiger partial charge in [-0.3, -0.25) is 4.79 Å². The molecule has 0 spiro atoms. The quantitative estimate of drug-likeness (QED) is 0.592. The molecular weight excluding hydrogens is 152 g/mol. The second-order valence-corrected chi connectivity index (χ2v) is 4.01. The van der Waals surface area contributed by atoms with Crippen LogP contribution in [0.15, 0.2) is 0 Å². The van der Waals surface area contributed by atoms with Gasteiger partial charge in [0.05, 0.1) is 0 Å². The van der Waals surface area contributed by atoms with Crippen molar-refractivity contribution < 1.29 is 4.79 Å². The first-order chi connectivity index (χ1) is 5.52. The molecule has 0 bridgehead atoms. The average molecular weight is 170 g/mol. The largest absolute Gasteiger partial charge is 0.304 e. The Labute approximate surface area is 74.3 Å². The Balaban J connectivity index is 2.65. The minimum atomic E-state index is 0.396. The topological polar surface area (TPSA) is 23.6 Å². The zero-order chi connectivity index (χ0) is 9.30. The van der Waals surface area contributed by atoms with Crippen LogP contribution in [0, 0.1) is 0 Å². The fraction of sp³-hybridized carbons (Fsp3) is 0.889. The van der Waals surface area contributed by atoms with E-state index in [1.54, 1.807) is 0 Å².